The van der Waals surface area contributed by atoms with Crippen molar-refractivity contribution in [1.82, 2.24) is 5.32 Å². The summed E-state index contributed by atoms with van der Waals surface area (Å²) < 4.78 is 21.9. The second kappa shape index (κ2) is 5.82. The summed E-state index contributed by atoms with van der Waals surface area (Å²) in [7, 11) is -3.19. The van der Waals surface area contributed by atoms with Crippen LogP contribution in [0.1, 0.15) is 34.1 Å². The van der Waals surface area contributed by atoms with Crippen LogP contribution in [-0.4, -0.2) is 37.9 Å². The van der Waals surface area contributed by atoms with Gasteiger partial charge in [0.15, 0.2) is 9.84 Å². The Hall–Kier alpha value is -0.620. The molecule has 0 fully saturated rings. The number of rotatable bonds is 6. The SMILES string of the molecule is CC(C)C(N)CC(=O)NCC(C)(C)S(C)(=O)=O. The van der Waals surface area contributed by atoms with E-state index in [1.165, 1.54) is 6.26 Å². The van der Waals surface area contributed by atoms with Crippen molar-refractivity contribution in [1.29, 1.82) is 0 Å². The molecule has 0 aromatic rings. The normalized spacial score (nSPS) is 14.8. The van der Waals surface area contributed by atoms with Gasteiger partial charge in [0.2, 0.25) is 5.91 Å². The quantitative estimate of drug-likeness (QED) is 0.722. The number of nitrogens with one attached hydrogen (secondary N) is 1. The lowest BCUT2D eigenvalue weighted by Crippen LogP contribution is -2.45. The molecule has 0 aromatic heterocycles. The fraction of sp³-hybridized carbons (Fsp3) is 0.909. The lowest BCUT2D eigenvalue weighted by molar-refractivity contribution is -0.121. The maximum Gasteiger partial charge on any atom is 0.221 e. The molecule has 1 amide bonds. The first kappa shape index (κ1) is 16.4. The first-order chi connectivity index (χ1) is 7.47. The summed E-state index contributed by atoms with van der Waals surface area (Å²) in [4.78, 5) is 11.5. The van der Waals surface area contributed by atoms with Crippen molar-refractivity contribution in [2.75, 3.05) is 12.8 Å². The Labute approximate surface area is 104 Å². The second-order valence-corrected chi connectivity index (χ2v) is 8.07. The average Bonchev–Trinajstić information content (AvgIpc) is 2.12. The molecule has 0 spiro atoms. The van der Waals surface area contributed by atoms with Crippen molar-refractivity contribution in [3.63, 3.8) is 0 Å². The summed E-state index contributed by atoms with van der Waals surface area (Å²) in [6.07, 6.45) is 1.39. The van der Waals surface area contributed by atoms with Gasteiger partial charge in [0.1, 0.15) is 0 Å². The highest BCUT2D eigenvalue weighted by Crippen LogP contribution is 2.13. The van der Waals surface area contributed by atoms with Crippen LogP contribution in [0.3, 0.4) is 0 Å². The molecule has 1 unspecified atom stereocenters. The molecule has 5 nitrogen and oxygen atoms in total. The topological polar surface area (TPSA) is 89.3 Å². The van der Waals surface area contributed by atoms with Crippen LogP contribution in [0, 0.1) is 5.92 Å². The monoisotopic (exact) mass is 264 g/mol. The van der Waals surface area contributed by atoms with Gasteiger partial charge >= 0.3 is 0 Å². The molecule has 1 atom stereocenters. The molecule has 17 heavy (non-hydrogen) atoms. The Morgan fingerprint density at radius 1 is 1.35 bits per heavy atom. The van der Waals surface area contributed by atoms with E-state index in [9.17, 15) is 13.2 Å². The van der Waals surface area contributed by atoms with Crippen molar-refractivity contribution in [3.8, 4) is 0 Å². The van der Waals surface area contributed by atoms with Gasteiger partial charge in [-0.2, -0.15) is 0 Å². The van der Waals surface area contributed by atoms with Crippen molar-refractivity contribution in [2.45, 2.75) is 44.9 Å². The van der Waals surface area contributed by atoms with E-state index in [0.717, 1.165) is 0 Å². The molecular weight excluding hydrogens is 240 g/mol. The summed E-state index contributed by atoms with van der Waals surface area (Å²) in [5.74, 6) is 0.0200. The first-order valence-corrected chi connectivity index (χ1v) is 7.58. The van der Waals surface area contributed by atoms with E-state index in [2.05, 4.69) is 5.32 Å². The molecular formula is C11H24N2O3S. The van der Waals surface area contributed by atoms with Crippen LogP contribution in [0.4, 0.5) is 0 Å². The maximum absolute atomic E-state index is 11.5. The van der Waals surface area contributed by atoms with E-state index in [1.807, 2.05) is 13.8 Å². The molecule has 0 heterocycles. The number of nitrogens with two attached hydrogens (primary N) is 1. The van der Waals surface area contributed by atoms with E-state index in [0.29, 0.717) is 0 Å². The minimum atomic E-state index is -3.19. The molecule has 0 rings (SSSR count). The lowest BCUT2D eigenvalue weighted by atomic mass is 10.0. The molecule has 0 bridgehead atoms. The van der Waals surface area contributed by atoms with Gasteiger partial charge in [0.25, 0.3) is 0 Å². The summed E-state index contributed by atoms with van der Waals surface area (Å²) in [6.45, 7) is 7.17. The number of sulfone groups is 1. The van der Waals surface area contributed by atoms with Crippen LogP contribution in [0.25, 0.3) is 0 Å². The van der Waals surface area contributed by atoms with E-state index in [-0.39, 0.29) is 30.8 Å². The Morgan fingerprint density at radius 3 is 2.18 bits per heavy atom. The molecule has 6 heteroatoms. The third-order valence-electron chi connectivity index (χ3n) is 2.99. The molecule has 3 N–H and O–H groups in total. The minimum absolute atomic E-state index is 0.107. The summed E-state index contributed by atoms with van der Waals surface area (Å²) >= 11 is 0. The van der Waals surface area contributed by atoms with Crippen LogP contribution >= 0.6 is 0 Å². The predicted octanol–water partition coefficient (Wildman–Crippen LogP) is 0.299. The standard InChI is InChI=1S/C11H24N2O3S/c1-8(2)9(12)6-10(14)13-7-11(3,4)17(5,15)16/h8-9H,6-7,12H2,1-5H3,(H,13,14). The summed E-state index contributed by atoms with van der Waals surface area (Å²) in [6, 6.07) is -0.198. The Balaban J connectivity index is 4.27. The van der Waals surface area contributed by atoms with Gasteiger partial charge in [0.05, 0.1) is 4.75 Å². The van der Waals surface area contributed by atoms with Crippen LogP contribution < -0.4 is 11.1 Å². The maximum atomic E-state index is 11.5. The van der Waals surface area contributed by atoms with Gasteiger partial charge in [-0.3, -0.25) is 4.79 Å². The van der Waals surface area contributed by atoms with Gasteiger partial charge in [0, 0.05) is 25.3 Å². The molecule has 0 saturated heterocycles. The predicted molar refractivity (Wildman–Crippen MR) is 69.4 cm³/mol. The Kier molecular flexibility index (Phi) is 5.61. The molecule has 0 aromatic carbocycles. The van der Waals surface area contributed by atoms with Crippen molar-refractivity contribution in [3.05, 3.63) is 0 Å². The summed E-state index contributed by atoms with van der Waals surface area (Å²) in [5, 5.41) is 2.62. The third-order valence-corrected chi connectivity index (χ3v) is 5.14. The zero-order valence-electron chi connectivity index (χ0n) is 11.3. The van der Waals surface area contributed by atoms with Crippen molar-refractivity contribution in [2.24, 2.45) is 11.7 Å². The molecule has 102 valence electrons. The Bertz CT molecular complexity index is 361. The molecule has 0 radical (unpaired) electrons. The summed E-state index contributed by atoms with van der Waals surface area (Å²) in [5.41, 5.74) is 5.76. The highest BCUT2D eigenvalue weighted by molar-refractivity contribution is 7.92. The highest BCUT2D eigenvalue weighted by atomic mass is 32.2. The van der Waals surface area contributed by atoms with E-state index < -0.39 is 14.6 Å². The van der Waals surface area contributed by atoms with E-state index in [1.54, 1.807) is 13.8 Å². The van der Waals surface area contributed by atoms with Gasteiger partial charge < -0.3 is 11.1 Å². The molecule has 0 aliphatic heterocycles. The first-order valence-electron chi connectivity index (χ1n) is 5.69. The molecule has 0 aliphatic rings. The smallest absolute Gasteiger partial charge is 0.221 e. The fourth-order valence-corrected chi connectivity index (χ4v) is 1.30. The van der Waals surface area contributed by atoms with Crippen molar-refractivity contribution < 1.29 is 13.2 Å². The third kappa shape index (κ3) is 5.50. The van der Waals surface area contributed by atoms with Crippen LogP contribution in [0.5, 0.6) is 0 Å². The molecule has 0 aliphatic carbocycles. The average molecular weight is 264 g/mol. The number of hydrogen-bond acceptors (Lipinski definition) is 4. The van der Waals surface area contributed by atoms with E-state index in [4.69, 9.17) is 5.73 Å². The van der Waals surface area contributed by atoms with Gasteiger partial charge in [-0.05, 0) is 19.8 Å². The number of carbonyl (C=O) groups excluding carboxylic acids is 1. The lowest BCUT2D eigenvalue weighted by Gasteiger charge is -2.23. The van der Waals surface area contributed by atoms with Crippen molar-refractivity contribution >= 4 is 15.7 Å². The zero-order chi connectivity index (χ0) is 13.9. The van der Waals surface area contributed by atoms with Crippen LogP contribution in [-0.2, 0) is 14.6 Å². The number of amides is 1. The molecule has 0 saturated carbocycles. The van der Waals surface area contributed by atoms with Crippen LogP contribution in [0.15, 0.2) is 0 Å². The number of hydrogen-bond donors (Lipinski definition) is 2. The minimum Gasteiger partial charge on any atom is -0.354 e. The highest BCUT2D eigenvalue weighted by Gasteiger charge is 2.30. The second-order valence-electron chi connectivity index (χ2n) is 5.42. The fourth-order valence-electron chi connectivity index (χ4n) is 0.964. The van der Waals surface area contributed by atoms with E-state index >= 15 is 0 Å². The zero-order valence-corrected chi connectivity index (χ0v) is 12.1. The largest absolute Gasteiger partial charge is 0.354 e. The van der Waals surface area contributed by atoms with Crippen LogP contribution in [0.2, 0.25) is 0 Å². The van der Waals surface area contributed by atoms with Gasteiger partial charge in [-0.25, -0.2) is 8.42 Å². The van der Waals surface area contributed by atoms with Gasteiger partial charge in [-0.1, -0.05) is 13.8 Å². The van der Waals surface area contributed by atoms with Gasteiger partial charge in [-0.15, -0.1) is 0 Å². The Morgan fingerprint density at radius 2 is 1.82 bits per heavy atom. The number of carbonyl (C=O) groups is 1.